The van der Waals surface area contributed by atoms with Gasteiger partial charge in [-0.05, 0) is 53.3 Å². The molecule has 160 valence electrons. The Kier molecular flexibility index (Phi) is 4.06. The number of hydrogen-bond donors (Lipinski definition) is 0. The molecule has 0 radical (unpaired) electrons. The standard InChI is InChI=1S/C31H21N3/c1-20-16-26(27-18-32-19-33-28(27)17-20)22-10-6-12-23-21(22)11-7-15-31(23)34-29-13-4-2-8-24(29)25-9-3-5-14-30(25)34/h2-19H,1H3. The first kappa shape index (κ1) is 19.0. The monoisotopic (exact) mass is 435 g/mol. The number of benzene rings is 5. The SMILES string of the molecule is Cc1cc(-c2cccc3c(-n4c5ccccc5c5ccccc54)cccc23)c2cncnc2c1. The molecule has 0 spiro atoms. The van der Waals surface area contributed by atoms with Crippen molar-refractivity contribution in [1.82, 2.24) is 14.5 Å². The van der Waals surface area contributed by atoms with E-state index in [0.29, 0.717) is 0 Å². The summed E-state index contributed by atoms with van der Waals surface area (Å²) in [5, 5.41) is 6.06. The Labute approximate surface area is 196 Å². The van der Waals surface area contributed by atoms with Gasteiger partial charge in [-0.15, -0.1) is 0 Å². The second-order valence-corrected chi connectivity index (χ2v) is 8.82. The summed E-state index contributed by atoms with van der Waals surface area (Å²) in [6.07, 6.45) is 3.54. The first-order valence-corrected chi connectivity index (χ1v) is 11.5. The average Bonchev–Trinajstić information content (AvgIpc) is 3.22. The zero-order valence-corrected chi connectivity index (χ0v) is 18.7. The second-order valence-electron chi connectivity index (χ2n) is 8.82. The molecule has 0 aliphatic carbocycles. The van der Waals surface area contributed by atoms with Crippen LogP contribution >= 0.6 is 0 Å². The van der Waals surface area contributed by atoms with Crippen molar-refractivity contribution >= 4 is 43.5 Å². The molecule has 7 rings (SSSR count). The van der Waals surface area contributed by atoms with E-state index in [0.717, 1.165) is 10.9 Å². The van der Waals surface area contributed by atoms with Crippen LogP contribution in [0.5, 0.6) is 0 Å². The summed E-state index contributed by atoms with van der Waals surface area (Å²) in [5.41, 5.74) is 8.15. The van der Waals surface area contributed by atoms with E-state index in [-0.39, 0.29) is 0 Å². The largest absolute Gasteiger partial charge is 0.309 e. The maximum Gasteiger partial charge on any atom is 0.116 e. The highest BCUT2D eigenvalue weighted by Crippen LogP contribution is 2.38. The lowest BCUT2D eigenvalue weighted by Crippen LogP contribution is -1.96. The lowest BCUT2D eigenvalue weighted by molar-refractivity contribution is 1.20. The predicted octanol–water partition coefficient (Wildman–Crippen LogP) is 7.86. The molecule has 0 unspecified atom stereocenters. The Bertz CT molecular complexity index is 1820. The quantitative estimate of drug-likeness (QED) is 0.277. The van der Waals surface area contributed by atoms with Crippen LogP contribution in [0.15, 0.2) is 110 Å². The van der Waals surface area contributed by atoms with E-state index >= 15 is 0 Å². The van der Waals surface area contributed by atoms with Gasteiger partial charge in [0.15, 0.2) is 0 Å². The van der Waals surface area contributed by atoms with Crippen molar-refractivity contribution in [2.75, 3.05) is 0 Å². The Morgan fingerprint density at radius 3 is 2.06 bits per heavy atom. The first-order chi connectivity index (χ1) is 16.8. The summed E-state index contributed by atoms with van der Waals surface area (Å²) in [4.78, 5) is 8.84. The van der Waals surface area contributed by atoms with Gasteiger partial charge in [-0.1, -0.05) is 72.8 Å². The van der Waals surface area contributed by atoms with Crippen molar-refractivity contribution in [3.8, 4) is 16.8 Å². The third kappa shape index (κ3) is 2.70. The molecule has 3 heteroatoms. The first-order valence-electron chi connectivity index (χ1n) is 11.5. The molecule has 5 aromatic carbocycles. The topological polar surface area (TPSA) is 30.7 Å². The maximum atomic E-state index is 4.52. The normalized spacial score (nSPS) is 11.7. The third-order valence-corrected chi connectivity index (χ3v) is 6.78. The van der Waals surface area contributed by atoms with E-state index < -0.39 is 0 Å². The van der Waals surface area contributed by atoms with Gasteiger partial charge in [0.05, 0.1) is 22.2 Å². The molecule has 7 aromatic rings. The highest BCUT2D eigenvalue weighted by molar-refractivity contribution is 6.12. The van der Waals surface area contributed by atoms with Gasteiger partial charge in [0, 0.05) is 27.7 Å². The van der Waals surface area contributed by atoms with Crippen molar-refractivity contribution < 1.29 is 0 Å². The number of para-hydroxylation sites is 2. The zero-order valence-electron chi connectivity index (χ0n) is 18.7. The van der Waals surface area contributed by atoms with Crippen LogP contribution in [0.2, 0.25) is 0 Å². The zero-order chi connectivity index (χ0) is 22.6. The molecule has 0 fully saturated rings. The number of aryl methyl sites for hydroxylation is 1. The molecule has 0 aliphatic heterocycles. The number of rotatable bonds is 2. The van der Waals surface area contributed by atoms with Crippen LogP contribution in [-0.2, 0) is 0 Å². The molecule has 0 saturated carbocycles. The van der Waals surface area contributed by atoms with Gasteiger partial charge in [0.2, 0.25) is 0 Å². The molecule has 34 heavy (non-hydrogen) atoms. The Hall–Kier alpha value is -4.50. The summed E-state index contributed by atoms with van der Waals surface area (Å²) in [6, 6.07) is 34.9. The summed E-state index contributed by atoms with van der Waals surface area (Å²) in [6.45, 7) is 2.12. The lowest BCUT2D eigenvalue weighted by atomic mass is 9.94. The molecule has 2 heterocycles. The minimum atomic E-state index is 0.973. The fraction of sp³-hybridized carbons (Fsp3) is 0.0323. The third-order valence-electron chi connectivity index (χ3n) is 6.78. The van der Waals surface area contributed by atoms with Gasteiger partial charge in [0.1, 0.15) is 6.33 Å². The fourth-order valence-corrected chi connectivity index (χ4v) is 5.35. The van der Waals surface area contributed by atoms with Crippen LogP contribution in [0.3, 0.4) is 0 Å². The van der Waals surface area contributed by atoms with E-state index in [4.69, 9.17) is 0 Å². The van der Waals surface area contributed by atoms with Crippen molar-refractivity contribution in [1.29, 1.82) is 0 Å². The van der Waals surface area contributed by atoms with Crippen LogP contribution in [0.25, 0.3) is 60.3 Å². The Morgan fingerprint density at radius 1 is 0.588 bits per heavy atom. The van der Waals surface area contributed by atoms with Crippen LogP contribution in [0.1, 0.15) is 5.56 Å². The average molecular weight is 436 g/mol. The summed E-state index contributed by atoms with van der Waals surface area (Å²) < 4.78 is 2.40. The van der Waals surface area contributed by atoms with Gasteiger partial charge < -0.3 is 4.57 Å². The lowest BCUT2D eigenvalue weighted by Gasteiger charge is -2.15. The molecule has 0 N–H and O–H groups in total. The van der Waals surface area contributed by atoms with E-state index in [2.05, 4.69) is 119 Å². The van der Waals surface area contributed by atoms with Crippen molar-refractivity contribution in [2.24, 2.45) is 0 Å². The van der Waals surface area contributed by atoms with E-state index in [1.807, 2.05) is 6.20 Å². The molecule has 2 aromatic heterocycles. The van der Waals surface area contributed by atoms with Crippen molar-refractivity contribution in [3.05, 3.63) is 115 Å². The van der Waals surface area contributed by atoms with Crippen LogP contribution in [0, 0.1) is 6.92 Å². The second kappa shape index (κ2) is 7.26. The Balaban J connectivity index is 1.59. The summed E-state index contributed by atoms with van der Waals surface area (Å²) in [5.74, 6) is 0. The highest BCUT2D eigenvalue weighted by atomic mass is 15.0. The molecular weight excluding hydrogens is 414 g/mol. The van der Waals surface area contributed by atoms with Gasteiger partial charge in [-0.2, -0.15) is 0 Å². The highest BCUT2D eigenvalue weighted by Gasteiger charge is 2.15. The van der Waals surface area contributed by atoms with Crippen LogP contribution in [0.4, 0.5) is 0 Å². The molecule has 0 saturated heterocycles. The van der Waals surface area contributed by atoms with E-state index in [1.54, 1.807) is 6.33 Å². The number of fused-ring (bicyclic) bond motifs is 5. The molecule has 3 nitrogen and oxygen atoms in total. The van der Waals surface area contributed by atoms with E-state index in [1.165, 1.54) is 55.0 Å². The number of aromatic nitrogens is 3. The molecule has 0 amide bonds. The summed E-state index contributed by atoms with van der Waals surface area (Å²) in [7, 11) is 0. The van der Waals surface area contributed by atoms with Crippen LogP contribution in [-0.4, -0.2) is 14.5 Å². The van der Waals surface area contributed by atoms with Crippen molar-refractivity contribution in [2.45, 2.75) is 6.92 Å². The molecular formula is C31H21N3. The number of hydrogen-bond acceptors (Lipinski definition) is 2. The summed E-state index contributed by atoms with van der Waals surface area (Å²) >= 11 is 0. The molecule has 0 atom stereocenters. The smallest absolute Gasteiger partial charge is 0.116 e. The van der Waals surface area contributed by atoms with E-state index in [9.17, 15) is 0 Å². The minimum Gasteiger partial charge on any atom is -0.309 e. The maximum absolute atomic E-state index is 4.52. The van der Waals surface area contributed by atoms with Crippen LogP contribution < -0.4 is 0 Å². The van der Waals surface area contributed by atoms with Gasteiger partial charge in [-0.25, -0.2) is 9.97 Å². The van der Waals surface area contributed by atoms with Gasteiger partial charge in [-0.3, -0.25) is 0 Å². The molecule has 0 aliphatic rings. The minimum absolute atomic E-state index is 0.973. The fourth-order valence-electron chi connectivity index (χ4n) is 5.35. The Morgan fingerprint density at radius 2 is 1.26 bits per heavy atom. The number of nitrogens with zero attached hydrogens (tertiary/aromatic N) is 3. The predicted molar refractivity (Wildman–Crippen MR) is 142 cm³/mol. The van der Waals surface area contributed by atoms with Gasteiger partial charge >= 0.3 is 0 Å². The van der Waals surface area contributed by atoms with Gasteiger partial charge in [0.25, 0.3) is 0 Å². The van der Waals surface area contributed by atoms with Crippen molar-refractivity contribution in [3.63, 3.8) is 0 Å². The molecule has 0 bridgehead atoms.